The molecule has 0 aromatic heterocycles. The van der Waals surface area contributed by atoms with Crippen LogP contribution in [0.5, 0.6) is 0 Å². The lowest BCUT2D eigenvalue weighted by molar-refractivity contribution is -0.437. The molecule has 0 aliphatic carbocycles. The number of hydrogen-bond donors (Lipinski definition) is 0. The van der Waals surface area contributed by atoms with E-state index in [1.54, 1.807) is 27.7 Å². The molecule has 0 aromatic carbocycles. The van der Waals surface area contributed by atoms with Crippen molar-refractivity contribution in [2.75, 3.05) is 0 Å². The van der Waals surface area contributed by atoms with Gasteiger partial charge in [0.15, 0.2) is 0 Å². The van der Waals surface area contributed by atoms with Crippen molar-refractivity contribution in [2.24, 2.45) is 0 Å². The number of carbonyl (C=O) groups is 1. The smallest absolute Gasteiger partial charge is 0.509 e. The highest BCUT2D eigenvalue weighted by Gasteiger charge is 2.39. The molecule has 1 unspecified atom stereocenters. The second-order valence-electron chi connectivity index (χ2n) is 5.95. The molecular formula is C14H21N2O6-. The molecule has 0 saturated heterocycles. The van der Waals surface area contributed by atoms with Gasteiger partial charge in [0.1, 0.15) is 5.60 Å². The zero-order chi connectivity index (χ0) is 17.2. The largest absolute Gasteiger partial charge is 0.754 e. The number of nitro groups is 1. The van der Waals surface area contributed by atoms with E-state index in [0.29, 0.717) is 22.8 Å². The van der Waals surface area contributed by atoms with Crippen molar-refractivity contribution in [3.63, 3.8) is 0 Å². The summed E-state index contributed by atoms with van der Waals surface area (Å²) in [6, 6.07) is 0. The van der Waals surface area contributed by atoms with Crippen LogP contribution in [0, 0.1) is 15.3 Å². The quantitative estimate of drug-likeness (QED) is 0.447. The van der Waals surface area contributed by atoms with E-state index in [0.717, 1.165) is 0 Å². The molecule has 1 rings (SSSR count). The van der Waals surface area contributed by atoms with Crippen LogP contribution in [0.25, 0.3) is 0 Å². The Morgan fingerprint density at radius 3 is 2.27 bits per heavy atom. The maximum Gasteiger partial charge on any atom is 0.509 e. The normalized spacial score (nSPS) is 19.4. The van der Waals surface area contributed by atoms with E-state index in [-0.39, 0.29) is 5.70 Å². The number of hydroxylamine groups is 2. The summed E-state index contributed by atoms with van der Waals surface area (Å²) in [4.78, 5) is 22.4. The van der Waals surface area contributed by atoms with Crippen LogP contribution in [0.2, 0.25) is 0 Å². The monoisotopic (exact) mass is 313 g/mol. The molecule has 1 aliphatic heterocycles. The van der Waals surface area contributed by atoms with Gasteiger partial charge >= 0.3 is 11.9 Å². The van der Waals surface area contributed by atoms with Crippen LogP contribution in [0.3, 0.4) is 0 Å². The van der Waals surface area contributed by atoms with Gasteiger partial charge in [0.25, 0.3) is 0 Å². The fourth-order valence-corrected chi connectivity index (χ4v) is 2.20. The molecule has 1 heterocycles. The first kappa shape index (κ1) is 18.0. The predicted octanol–water partition coefficient (Wildman–Crippen LogP) is 3.31. The third-order valence-corrected chi connectivity index (χ3v) is 3.19. The minimum Gasteiger partial charge on any atom is -0.754 e. The van der Waals surface area contributed by atoms with E-state index in [9.17, 15) is 20.1 Å². The third kappa shape index (κ3) is 3.76. The molecule has 124 valence electrons. The summed E-state index contributed by atoms with van der Waals surface area (Å²) in [5.41, 5.74) is -0.650. The molecule has 0 amide bonds. The van der Waals surface area contributed by atoms with Crippen molar-refractivity contribution < 1.29 is 19.2 Å². The lowest BCUT2D eigenvalue weighted by Gasteiger charge is -2.39. The summed E-state index contributed by atoms with van der Waals surface area (Å²) < 4.78 is 10.2. The standard InChI is InChI=1S/C14H21N2O6/c1-7-10-8(2)15(18)9(3)11(16(19)20)12(10)21-13(17)22-14(4,5)6/h12H,7H2,1-6H3/q-1. The Morgan fingerprint density at radius 2 is 1.86 bits per heavy atom. The Labute approximate surface area is 129 Å². The highest BCUT2D eigenvalue weighted by molar-refractivity contribution is 5.62. The van der Waals surface area contributed by atoms with E-state index in [2.05, 4.69) is 0 Å². The lowest BCUT2D eigenvalue weighted by Crippen LogP contribution is -2.37. The van der Waals surface area contributed by atoms with Gasteiger partial charge in [0.2, 0.25) is 6.10 Å². The summed E-state index contributed by atoms with van der Waals surface area (Å²) in [7, 11) is 0. The fraction of sp³-hybridized carbons (Fsp3) is 0.643. The highest BCUT2D eigenvalue weighted by Crippen LogP contribution is 2.34. The molecule has 8 heteroatoms. The number of hydrogen-bond acceptors (Lipinski definition) is 7. The number of allylic oxidation sites excluding steroid dienone is 2. The zero-order valence-corrected chi connectivity index (χ0v) is 13.6. The van der Waals surface area contributed by atoms with E-state index in [1.807, 2.05) is 0 Å². The van der Waals surface area contributed by atoms with Gasteiger partial charge in [-0.15, -0.1) is 0 Å². The maximum atomic E-state index is 12.0. The van der Waals surface area contributed by atoms with Crippen molar-refractivity contribution >= 4 is 6.16 Å². The first-order valence-corrected chi connectivity index (χ1v) is 6.91. The third-order valence-electron chi connectivity index (χ3n) is 3.19. The highest BCUT2D eigenvalue weighted by atomic mass is 16.7. The second-order valence-corrected chi connectivity index (χ2v) is 5.95. The van der Waals surface area contributed by atoms with Crippen LogP contribution in [0.1, 0.15) is 48.0 Å². The minimum atomic E-state index is -1.22. The number of nitrogens with zero attached hydrogens (tertiary/aromatic N) is 2. The first-order chi connectivity index (χ1) is 9.99. The van der Waals surface area contributed by atoms with E-state index < -0.39 is 28.5 Å². The van der Waals surface area contributed by atoms with Gasteiger partial charge in [-0.05, 0) is 46.6 Å². The van der Waals surface area contributed by atoms with Crippen LogP contribution in [0.15, 0.2) is 22.7 Å². The van der Waals surface area contributed by atoms with E-state index >= 15 is 0 Å². The molecule has 0 radical (unpaired) electrons. The Kier molecular flexibility index (Phi) is 5.18. The number of rotatable bonds is 3. The number of ether oxygens (including phenoxy) is 2. The molecule has 0 aromatic rings. The first-order valence-electron chi connectivity index (χ1n) is 6.91. The minimum absolute atomic E-state index is 0.103. The fourth-order valence-electron chi connectivity index (χ4n) is 2.20. The van der Waals surface area contributed by atoms with Gasteiger partial charge in [-0.1, -0.05) is 6.92 Å². The van der Waals surface area contributed by atoms with Gasteiger partial charge in [-0.2, -0.15) is 0 Å². The van der Waals surface area contributed by atoms with E-state index in [4.69, 9.17) is 9.47 Å². The molecule has 0 spiro atoms. The average Bonchev–Trinajstić information content (AvgIpc) is 2.34. The number of carbonyl (C=O) groups excluding carboxylic acids is 1. The molecule has 0 N–H and O–H groups in total. The van der Waals surface area contributed by atoms with Crippen LogP contribution >= 0.6 is 0 Å². The molecule has 0 saturated carbocycles. The van der Waals surface area contributed by atoms with E-state index in [1.165, 1.54) is 13.8 Å². The molecule has 22 heavy (non-hydrogen) atoms. The van der Waals surface area contributed by atoms with Gasteiger partial charge in [0, 0.05) is 5.70 Å². The summed E-state index contributed by atoms with van der Waals surface area (Å²) in [6.07, 6.45) is -1.90. The van der Waals surface area contributed by atoms with Crippen LogP contribution in [-0.4, -0.2) is 27.8 Å². The topological polar surface area (TPSA) is 105 Å². The van der Waals surface area contributed by atoms with Crippen LogP contribution in [-0.2, 0) is 9.47 Å². The van der Waals surface area contributed by atoms with Gasteiger partial charge in [-0.3, -0.25) is 10.1 Å². The molecule has 8 nitrogen and oxygen atoms in total. The summed E-state index contributed by atoms with van der Waals surface area (Å²) in [5.74, 6) is 0. The van der Waals surface area contributed by atoms with Gasteiger partial charge in [0.05, 0.1) is 10.6 Å². The predicted molar refractivity (Wildman–Crippen MR) is 79.0 cm³/mol. The van der Waals surface area contributed by atoms with Gasteiger partial charge in [-0.25, -0.2) is 4.79 Å². The summed E-state index contributed by atoms with van der Waals surface area (Å²) in [6.45, 7) is 9.57. The lowest BCUT2D eigenvalue weighted by atomic mass is 9.97. The SMILES string of the molecule is CCC1=C(C)N([O-])C(C)=C([N+](=O)[O-])C1OC(=O)OC(C)(C)C. The summed E-state index contributed by atoms with van der Waals surface area (Å²) >= 11 is 0. The average molecular weight is 313 g/mol. The van der Waals surface area contributed by atoms with Crippen molar-refractivity contribution in [2.45, 2.75) is 59.7 Å². The van der Waals surface area contributed by atoms with Crippen LogP contribution in [0.4, 0.5) is 4.79 Å². The maximum absolute atomic E-state index is 12.0. The molecule has 1 atom stereocenters. The van der Waals surface area contributed by atoms with Gasteiger partial charge < -0.3 is 19.7 Å². The molecule has 0 fully saturated rings. The Balaban J connectivity index is 3.20. The zero-order valence-electron chi connectivity index (χ0n) is 13.6. The van der Waals surface area contributed by atoms with Crippen LogP contribution < -0.4 is 0 Å². The molecule has 0 bridgehead atoms. The van der Waals surface area contributed by atoms with Crippen molar-refractivity contribution in [1.82, 2.24) is 5.06 Å². The summed E-state index contributed by atoms with van der Waals surface area (Å²) in [5, 5.41) is 23.8. The molecular weight excluding hydrogens is 292 g/mol. The Morgan fingerprint density at radius 1 is 1.32 bits per heavy atom. The van der Waals surface area contributed by atoms with Crippen molar-refractivity contribution in [3.05, 3.63) is 38.0 Å². The van der Waals surface area contributed by atoms with Crippen molar-refractivity contribution in [1.29, 1.82) is 0 Å². The Hall–Kier alpha value is -2.09. The molecule has 1 aliphatic rings. The second kappa shape index (κ2) is 6.35. The van der Waals surface area contributed by atoms with Crippen molar-refractivity contribution in [3.8, 4) is 0 Å². The Bertz CT molecular complexity index is 544.